The van der Waals surface area contributed by atoms with E-state index in [-0.39, 0.29) is 0 Å². The van der Waals surface area contributed by atoms with Crippen molar-refractivity contribution < 1.29 is 9.90 Å². The summed E-state index contributed by atoms with van der Waals surface area (Å²) < 4.78 is 0. The molecule has 0 aliphatic carbocycles. The van der Waals surface area contributed by atoms with Gasteiger partial charge >= 0.3 is 6.09 Å². The zero-order valence-corrected chi connectivity index (χ0v) is 6.81. The Hall–Kier alpha value is -1.10. The van der Waals surface area contributed by atoms with E-state index in [2.05, 4.69) is 10.3 Å². The number of amides is 1. The van der Waals surface area contributed by atoms with Crippen molar-refractivity contribution in [2.24, 2.45) is 0 Å². The van der Waals surface area contributed by atoms with Gasteiger partial charge in [-0.3, -0.25) is 0 Å². The second-order valence-corrected chi connectivity index (χ2v) is 3.08. The molecule has 0 saturated carbocycles. The highest BCUT2D eigenvalue weighted by Gasteiger charge is 1.99. The number of carbonyl (C=O) groups is 1. The van der Waals surface area contributed by atoms with Crippen LogP contribution in [-0.4, -0.2) is 16.2 Å². The summed E-state index contributed by atoms with van der Waals surface area (Å²) in [6.45, 7) is 2.18. The van der Waals surface area contributed by atoms with Crippen LogP contribution in [0, 0.1) is 6.92 Å². The van der Waals surface area contributed by atoms with E-state index >= 15 is 0 Å². The van der Waals surface area contributed by atoms with Crippen molar-refractivity contribution in [1.29, 1.82) is 0 Å². The lowest BCUT2D eigenvalue weighted by molar-refractivity contribution is 0.194. The molecule has 0 spiro atoms. The van der Waals surface area contributed by atoms with Crippen LogP contribution in [-0.2, 0) is 6.54 Å². The second-order valence-electron chi connectivity index (χ2n) is 2.02. The lowest BCUT2D eigenvalue weighted by Crippen LogP contribution is -2.19. The smallest absolute Gasteiger partial charge is 0.404 e. The van der Waals surface area contributed by atoms with E-state index in [0.717, 1.165) is 10.7 Å². The van der Waals surface area contributed by atoms with Gasteiger partial charge in [-0.15, -0.1) is 11.3 Å². The summed E-state index contributed by atoms with van der Waals surface area (Å²) >= 11 is 1.51. The van der Waals surface area contributed by atoms with Gasteiger partial charge in [-0.2, -0.15) is 0 Å². The largest absolute Gasteiger partial charge is 0.465 e. The summed E-state index contributed by atoms with van der Waals surface area (Å²) in [4.78, 5) is 14.1. The highest BCUT2D eigenvalue weighted by Crippen LogP contribution is 2.06. The third-order valence-corrected chi connectivity index (χ3v) is 1.91. The van der Waals surface area contributed by atoms with Gasteiger partial charge in [-0.05, 0) is 6.92 Å². The quantitative estimate of drug-likeness (QED) is 0.705. The standard InChI is InChI=1S/C6H8N2O2S/c1-4-8-5(3-11-4)2-7-6(9)10/h3,7H,2H2,1H3,(H,9,10). The zero-order chi connectivity index (χ0) is 8.27. The summed E-state index contributed by atoms with van der Waals surface area (Å²) in [6, 6.07) is 0. The molecular formula is C6H8N2O2S. The SMILES string of the molecule is Cc1nc(CNC(=O)O)cs1. The maximum atomic E-state index is 10.0. The van der Waals surface area contributed by atoms with Gasteiger partial charge in [0, 0.05) is 5.38 Å². The number of aryl methyl sites for hydroxylation is 1. The predicted molar refractivity (Wildman–Crippen MR) is 41.7 cm³/mol. The minimum absolute atomic E-state index is 0.291. The van der Waals surface area contributed by atoms with Crippen molar-refractivity contribution in [3.8, 4) is 0 Å². The van der Waals surface area contributed by atoms with E-state index in [1.165, 1.54) is 11.3 Å². The molecule has 0 aliphatic rings. The van der Waals surface area contributed by atoms with Gasteiger partial charge in [0.05, 0.1) is 17.2 Å². The van der Waals surface area contributed by atoms with Crippen molar-refractivity contribution in [1.82, 2.24) is 10.3 Å². The number of rotatable bonds is 2. The fraction of sp³-hybridized carbons (Fsp3) is 0.333. The van der Waals surface area contributed by atoms with Gasteiger partial charge in [0.1, 0.15) is 0 Å². The Morgan fingerprint density at radius 3 is 3.09 bits per heavy atom. The number of nitrogens with zero attached hydrogens (tertiary/aromatic N) is 1. The molecule has 0 atom stereocenters. The Morgan fingerprint density at radius 1 is 1.91 bits per heavy atom. The minimum atomic E-state index is -1.02. The average Bonchev–Trinajstić information content (AvgIpc) is 2.31. The van der Waals surface area contributed by atoms with Crippen molar-refractivity contribution in [3.05, 3.63) is 16.1 Å². The van der Waals surface area contributed by atoms with Crippen LogP contribution in [0.15, 0.2) is 5.38 Å². The van der Waals surface area contributed by atoms with Crippen LogP contribution in [0.1, 0.15) is 10.7 Å². The monoisotopic (exact) mass is 172 g/mol. The van der Waals surface area contributed by atoms with Gasteiger partial charge in [-0.1, -0.05) is 0 Å². The van der Waals surface area contributed by atoms with E-state index in [4.69, 9.17) is 5.11 Å². The first kappa shape index (κ1) is 8.00. The first-order valence-corrected chi connectivity index (χ1v) is 3.94. The Balaban J connectivity index is 2.45. The lowest BCUT2D eigenvalue weighted by atomic mass is 10.5. The summed E-state index contributed by atoms with van der Waals surface area (Å²) in [5, 5.41) is 13.3. The number of carboxylic acid groups (broad SMARTS) is 1. The molecule has 0 bridgehead atoms. The number of hydrogen-bond donors (Lipinski definition) is 2. The van der Waals surface area contributed by atoms with Crippen LogP contribution in [0.25, 0.3) is 0 Å². The summed E-state index contributed by atoms with van der Waals surface area (Å²) in [6.07, 6.45) is -1.02. The predicted octanol–water partition coefficient (Wildman–Crippen LogP) is 1.22. The molecule has 0 unspecified atom stereocenters. The molecule has 0 aliphatic heterocycles. The second kappa shape index (κ2) is 3.34. The third kappa shape index (κ3) is 2.55. The van der Waals surface area contributed by atoms with Crippen LogP contribution in [0.3, 0.4) is 0 Å². The Bertz CT molecular complexity index is 259. The number of nitrogens with one attached hydrogen (secondary N) is 1. The molecule has 1 amide bonds. The minimum Gasteiger partial charge on any atom is -0.465 e. The first-order valence-electron chi connectivity index (χ1n) is 3.06. The molecular weight excluding hydrogens is 164 g/mol. The van der Waals surface area contributed by atoms with E-state index in [0.29, 0.717) is 6.54 Å². The number of hydrogen-bond acceptors (Lipinski definition) is 3. The molecule has 0 saturated heterocycles. The molecule has 11 heavy (non-hydrogen) atoms. The Labute approximate surface area is 67.9 Å². The fourth-order valence-corrected chi connectivity index (χ4v) is 1.27. The van der Waals surface area contributed by atoms with E-state index in [9.17, 15) is 4.79 Å². The van der Waals surface area contributed by atoms with Crippen molar-refractivity contribution in [2.45, 2.75) is 13.5 Å². The lowest BCUT2D eigenvalue weighted by Gasteiger charge is -1.94. The molecule has 1 aromatic rings. The van der Waals surface area contributed by atoms with Crippen LogP contribution in [0.2, 0.25) is 0 Å². The van der Waals surface area contributed by atoms with E-state index in [1.54, 1.807) is 0 Å². The van der Waals surface area contributed by atoms with Crippen LogP contribution in [0.5, 0.6) is 0 Å². The molecule has 5 heteroatoms. The maximum absolute atomic E-state index is 10.0. The topological polar surface area (TPSA) is 62.2 Å². The number of thiazole rings is 1. The van der Waals surface area contributed by atoms with Gasteiger partial charge < -0.3 is 10.4 Å². The normalized spacial score (nSPS) is 9.55. The first-order chi connectivity index (χ1) is 5.18. The molecule has 0 radical (unpaired) electrons. The maximum Gasteiger partial charge on any atom is 0.404 e. The summed E-state index contributed by atoms with van der Waals surface area (Å²) in [5.41, 5.74) is 0.773. The fourth-order valence-electron chi connectivity index (χ4n) is 0.656. The highest BCUT2D eigenvalue weighted by atomic mass is 32.1. The average molecular weight is 172 g/mol. The van der Waals surface area contributed by atoms with Crippen LogP contribution in [0.4, 0.5) is 4.79 Å². The summed E-state index contributed by atoms with van der Waals surface area (Å²) in [5.74, 6) is 0. The molecule has 0 aromatic carbocycles. The Kier molecular flexibility index (Phi) is 2.43. The van der Waals surface area contributed by atoms with Crippen LogP contribution >= 0.6 is 11.3 Å². The molecule has 4 nitrogen and oxygen atoms in total. The van der Waals surface area contributed by atoms with Gasteiger partial charge in [0.25, 0.3) is 0 Å². The third-order valence-electron chi connectivity index (χ3n) is 1.09. The van der Waals surface area contributed by atoms with Crippen molar-refractivity contribution >= 4 is 17.4 Å². The molecule has 1 aromatic heterocycles. The van der Waals surface area contributed by atoms with Crippen molar-refractivity contribution in [2.75, 3.05) is 0 Å². The summed E-state index contributed by atoms with van der Waals surface area (Å²) in [7, 11) is 0. The molecule has 2 N–H and O–H groups in total. The van der Waals surface area contributed by atoms with E-state index in [1.807, 2.05) is 12.3 Å². The van der Waals surface area contributed by atoms with Crippen LogP contribution < -0.4 is 5.32 Å². The molecule has 0 fully saturated rings. The van der Waals surface area contributed by atoms with Crippen molar-refractivity contribution in [3.63, 3.8) is 0 Å². The zero-order valence-electron chi connectivity index (χ0n) is 6.00. The highest BCUT2D eigenvalue weighted by molar-refractivity contribution is 7.09. The number of aromatic nitrogens is 1. The van der Waals surface area contributed by atoms with Gasteiger partial charge in [0.2, 0.25) is 0 Å². The molecule has 60 valence electrons. The Morgan fingerprint density at radius 2 is 2.64 bits per heavy atom. The molecule has 1 heterocycles. The van der Waals surface area contributed by atoms with Gasteiger partial charge in [0.15, 0.2) is 0 Å². The van der Waals surface area contributed by atoms with E-state index < -0.39 is 6.09 Å². The van der Waals surface area contributed by atoms with Gasteiger partial charge in [-0.25, -0.2) is 9.78 Å². The molecule has 1 rings (SSSR count).